The molecule has 0 fully saturated rings. The smallest absolute Gasteiger partial charge is 0.129 e. The standard InChI is InChI=1S/C15H21N3O/c1-3-18(8-9-19-2)15-10-12(11-16)13-6-4-5-7-14(13)17-15/h4-7,10H,3,8-9,11,16H2,1-2H3. The molecule has 0 atom stereocenters. The molecule has 0 saturated heterocycles. The van der Waals surface area contributed by atoms with Gasteiger partial charge in [-0.25, -0.2) is 4.98 Å². The molecule has 102 valence electrons. The van der Waals surface area contributed by atoms with E-state index in [1.807, 2.05) is 18.2 Å². The molecule has 4 nitrogen and oxygen atoms in total. The molecule has 0 unspecified atom stereocenters. The lowest BCUT2D eigenvalue weighted by molar-refractivity contribution is 0.205. The average Bonchev–Trinajstić information content (AvgIpc) is 2.47. The molecular formula is C15H21N3O. The van der Waals surface area contributed by atoms with E-state index >= 15 is 0 Å². The van der Waals surface area contributed by atoms with Crippen LogP contribution in [0.15, 0.2) is 30.3 Å². The van der Waals surface area contributed by atoms with Gasteiger partial charge in [0.1, 0.15) is 5.82 Å². The highest BCUT2D eigenvalue weighted by Gasteiger charge is 2.09. The summed E-state index contributed by atoms with van der Waals surface area (Å²) < 4.78 is 5.15. The van der Waals surface area contributed by atoms with Gasteiger partial charge in [-0.15, -0.1) is 0 Å². The van der Waals surface area contributed by atoms with Crippen LogP contribution in [0.1, 0.15) is 12.5 Å². The van der Waals surface area contributed by atoms with Gasteiger partial charge < -0.3 is 15.4 Å². The van der Waals surface area contributed by atoms with Crippen LogP contribution in [-0.2, 0) is 11.3 Å². The van der Waals surface area contributed by atoms with Gasteiger partial charge in [0.2, 0.25) is 0 Å². The summed E-state index contributed by atoms with van der Waals surface area (Å²) in [6, 6.07) is 10.2. The van der Waals surface area contributed by atoms with E-state index in [2.05, 4.69) is 24.0 Å². The van der Waals surface area contributed by atoms with Crippen molar-refractivity contribution in [2.24, 2.45) is 5.73 Å². The summed E-state index contributed by atoms with van der Waals surface area (Å²) in [4.78, 5) is 6.93. The number of methoxy groups -OCH3 is 1. The third-order valence-corrected chi connectivity index (χ3v) is 3.28. The van der Waals surface area contributed by atoms with Gasteiger partial charge in [-0.1, -0.05) is 18.2 Å². The van der Waals surface area contributed by atoms with Gasteiger partial charge in [-0.3, -0.25) is 0 Å². The topological polar surface area (TPSA) is 51.4 Å². The number of hydrogen-bond donors (Lipinski definition) is 1. The Morgan fingerprint density at radius 3 is 2.79 bits per heavy atom. The van der Waals surface area contributed by atoms with Crippen molar-refractivity contribution >= 4 is 16.7 Å². The maximum absolute atomic E-state index is 5.86. The highest BCUT2D eigenvalue weighted by atomic mass is 16.5. The molecule has 0 spiro atoms. The second kappa shape index (κ2) is 6.50. The Bertz CT molecular complexity index is 542. The number of aromatic nitrogens is 1. The fourth-order valence-corrected chi connectivity index (χ4v) is 2.20. The van der Waals surface area contributed by atoms with E-state index in [0.717, 1.165) is 35.4 Å². The fraction of sp³-hybridized carbons (Fsp3) is 0.400. The molecule has 2 N–H and O–H groups in total. The van der Waals surface area contributed by atoms with E-state index in [1.54, 1.807) is 7.11 Å². The predicted molar refractivity (Wildman–Crippen MR) is 79.4 cm³/mol. The highest BCUT2D eigenvalue weighted by molar-refractivity contribution is 5.84. The number of benzene rings is 1. The normalized spacial score (nSPS) is 10.9. The maximum Gasteiger partial charge on any atom is 0.129 e. The number of pyridine rings is 1. The van der Waals surface area contributed by atoms with E-state index in [1.165, 1.54) is 0 Å². The van der Waals surface area contributed by atoms with Gasteiger partial charge in [-0.2, -0.15) is 0 Å². The number of nitrogens with zero attached hydrogens (tertiary/aromatic N) is 2. The van der Waals surface area contributed by atoms with Gasteiger partial charge in [0, 0.05) is 32.1 Å². The minimum Gasteiger partial charge on any atom is -0.383 e. The summed E-state index contributed by atoms with van der Waals surface area (Å²) in [7, 11) is 1.72. The van der Waals surface area contributed by atoms with E-state index in [4.69, 9.17) is 15.5 Å². The third-order valence-electron chi connectivity index (χ3n) is 3.28. The van der Waals surface area contributed by atoms with Gasteiger partial charge in [0.15, 0.2) is 0 Å². The van der Waals surface area contributed by atoms with Crippen LogP contribution in [0, 0.1) is 0 Å². The van der Waals surface area contributed by atoms with Crippen LogP contribution in [0.4, 0.5) is 5.82 Å². The van der Waals surface area contributed by atoms with Crippen molar-refractivity contribution in [1.29, 1.82) is 0 Å². The molecule has 0 aliphatic carbocycles. The highest BCUT2D eigenvalue weighted by Crippen LogP contribution is 2.22. The van der Waals surface area contributed by atoms with Crippen LogP contribution >= 0.6 is 0 Å². The molecule has 2 rings (SSSR count). The Morgan fingerprint density at radius 1 is 1.32 bits per heavy atom. The second-order valence-corrected chi connectivity index (χ2v) is 4.43. The fourth-order valence-electron chi connectivity index (χ4n) is 2.20. The molecular weight excluding hydrogens is 238 g/mol. The molecule has 0 amide bonds. The number of anilines is 1. The first kappa shape index (κ1) is 13.8. The van der Waals surface area contributed by atoms with Gasteiger partial charge >= 0.3 is 0 Å². The van der Waals surface area contributed by atoms with Crippen molar-refractivity contribution in [3.8, 4) is 0 Å². The van der Waals surface area contributed by atoms with E-state index in [0.29, 0.717) is 13.2 Å². The minimum absolute atomic E-state index is 0.526. The lowest BCUT2D eigenvalue weighted by Gasteiger charge is -2.22. The molecule has 1 aromatic carbocycles. The maximum atomic E-state index is 5.86. The Morgan fingerprint density at radius 2 is 2.11 bits per heavy atom. The van der Waals surface area contributed by atoms with Gasteiger partial charge in [0.05, 0.1) is 12.1 Å². The summed E-state index contributed by atoms with van der Waals surface area (Å²) in [5.74, 6) is 0.971. The van der Waals surface area contributed by atoms with Crippen molar-refractivity contribution in [3.05, 3.63) is 35.9 Å². The quantitative estimate of drug-likeness (QED) is 0.863. The molecule has 1 heterocycles. The van der Waals surface area contributed by atoms with E-state index in [9.17, 15) is 0 Å². The van der Waals surface area contributed by atoms with Crippen molar-refractivity contribution in [1.82, 2.24) is 4.98 Å². The lowest BCUT2D eigenvalue weighted by Crippen LogP contribution is -2.27. The summed E-state index contributed by atoms with van der Waals surface area (Å²) in [6.45, 7) is 5.08. The molecule has 0 aliphatic rings. The van der Waals surface area contributed by atoms with Crippen LogP contribution in [0.2, 0.25) is 0 Å². The first-order valence-electron chi connectivity index (χ1n) is 6.62. The van der Waals surface area contributed by atoms with E-state index < -0.39 is 0 Å². The summed E-state index contributed by atoms with van der Waals surface area (Å²) >= 11 is 0. The number of hydrogen-bond acceptors (Lipinski definition) is 4. The SMILES string of the molecule is CCN(CCOC)c1cc(CN)c2ccccc2n1. The van der Waals surface area contributed by atoms with Crippen LogP contribution in [0.3, 0.4) is 0 Å². The van der Waals surface area contributed by atoms with E-state index in [-0.39, 0.29) is 0 Å². The molecule has 0 saturated carbocycles. The number of para-hydroxylation sites is 1. The van der Waals surface area contributed by atoms with Gasteiger partial charge in [0.25, 0.3) is 0 Å². The third kappa shape index (κ3) is 3.03. The largest absolute Gasteiger partial charge is 0.383 e. The minimum atomic E-state index is 0.526. The van der Waals surface area contributed by atoms with Crippen LogP contribution in [-0.4, -0.2) is 31.8 Å². The number of ether oxygens (including phenoxy) is 1. The number of likely N-dealkylation sites (N-methyl/N-ethyl adjacent to an activating group) is 1. The molecule has 0 radical (unpaired) electrons. The van der Waals surface area contributed by atoms with Crippen LogP contribution in [0.25, 0.3) is 10.9 Å². The second-order valence-electron chi connectivity index (χ2n) is 4.43. The zero-order valence-corrected chi connectivity index (χ0v) is 11.6. The Balaban J connectivity index is 2.42. The van der Waals surface area contributed by atoms with Crippen LogP contribution in [0.5, 0.6) is 0 Å². The molecule has 0 bridgehead atoms. The van der Waals surface area contributed by atoms with Crippen molar-refractivity contribution in [2.75, 3.05) is 31.7 Å². The molecule has 1 aromatic heterocycles. The predicted octanol–water partition coefficient (Wildman–Crippen LogP) is 2.17. The van der Waals surface area contributed by atoms with Crippen molar-refractivity contribution in [3.63, 3.8) is 0 Å². The van der Waals surface area contributed by atoms with Gasteiger partial charge in [-0.05, 0) is 24.6 Å². The Kier molecular flexibility index (Phi) is 4.71. The number of fused-ring (bicyclic) bond motifs is 1. The van der Waals surface area contributed by atoms with Crippen molar-refractivity contribution in [2.45, 2.75) is 13.5 Å². The number of rotatable bonds is 6. The first-order chi connectivity index (χ1) is 9.30. The Labute approximate surface area is 114 Å². The van der Waals surface area contributed by atoms with Crippen molar-refractivity contribution < 1.29 is 4.74 Å². The zero-order valence-electron chi connectivity index (χ0n) is 11.6. The first-order valence-corrected chi connectivity index (χ1v) is 6.62. The Hall–Kier alpha value is -1.65. The van der Waals surface area contributed by atoms with Crippen LogP contribution < -0.4 is 10.6 Å². The summed E-state index contributed by atoms with van der Waals surface area (Å²) in [5.41, 5.74) is 7.99. The molecule has 19 heavy (non-hydrogen) atoms. The molecule has 4 heteroatoms. The summed E-state index contributed by atoms with van der Waals surface area (Å²) in [6.07, 6.45) is 0. The summed E-state index contributed by atoms with van der Waals surface area (Å²) in [5, 5.41) is 1.14. The molecule has 2 aromatic rings. The molecule has 0 aliphatic heterocycles. The average molecular weight is 259 g/mol. The monoisotopic (exact) mass is 259 g/mol. The number of nitrogens with two attached hydrogens (primary N) is 1. The zero-order chi connectivity index (χ0) is 13.7. The lowest BCUT2D eigenvalue weighted by atomic mass is 10.1.